The van der Waals surface area contributed by atoms with Crippen molar-refractivity contribution in [3.63, 3.8) is 0 Å². The summed E-state index contributed by atoms with van der Waals surface area (Å²) in [6.45, 7) is 5.87. The molecule has 0 bridgehead atoms. The van der Waals surface area contributed by atoms with Crippen molar-refractivity contribution in [3.8, 4) is 17.2 Å². The van der Waals surface area contributed by atoms with E-state index < -0.39 is 12.1 Å². The lowest BCUT2D eigenvalue weighted by Crippen LogP contribution is -2.30. The predicted octanol–water partition coefficient (Wildman–Crippen LogP) is 3.70. The first kappa shape index (κ1) is 18.6. The van der Waals surface area contributed by atoms with Crippen LogP contribution in [0.15, 0.2) is 30.3 Å². The van der Waals surface area contributed by atoms with Crippen LogP contribution < -0.4 is 14.2 Å². The van der Waals surface area contributed by atoms with Gasteiger partial charge in [0.25, 0.3) is 0 Å². The average molecular weight is 344 g/mol. The second-order valence-electron chi connectivity index (χ2n) is 6.03. The molecular formula is C20H24O5. The van der Waals surface area contributed by atoms with Crippen molar-refractivity contribution in [1.29, 1.82) is 0 Å². The SMILES string of the molecule is COc1ccc(C[C@H](Oc2cc(C)cc(C)c2C)C(=O)O)c(OC)c1. The van der Waals surface area contributed by atoms with Crippen molar-refractivity contribution in [3.05, 3.63) is 52.6 Å². The van der Waals surface area contributed by atoms with Crippen LogP contribution in [0.2, 0.25) is 0 Å². The molecule has 5 nitrogen and oxygen atoms in total. The summed E-state index contributed by atoms with van der Waals surface area (Å²) in [4.78, 5) is 11.7. The molecule has 0 heterocycles. The van der Waals surface area contributed by atoms with Gasteiger partial charge in [0.2, 0.25) is 0 Å². The second kappa shape index (κ2) is 7.92. The largest absolute Gasteiger partial charge is 0.497 e. The molecule has 0 amide bonds. The molecule has 25 heavy (non-hydrogen) atoms. The summed E-state index contributed by atoms with van der Waals surface area (Å²) in [5.74, 6) is 0.804. The van der Waals surface area contributed by atoms with Crippen LogP contribution in [0.5, 0.6) is 17.2 Å². The number of aryl methyl sites for hydroxylation is 2. The third-order valence-electron chi connectivity index (χ3n) is 4.21. The highest BCUT2D eigenvalue weighted by atomic mass is 16.5. The van der Waals surface area contributed by atoms with Crippen molar-refractivity contribution in [2.24, 2.45) is 0 Å². The number of methoxy groups -OCH3 is 2. The predicted molar refractivity (Wildman–Crippen MR) is 96.0 cm³/mol. The van der Waals surface area contributed by atoms with Crippen LogP contribution in [-0.4, -0.2) is 31.4 Å². The summed E-state index contributed by atoms with van der Waals surface area (Å²) < 4.78 is 16.4. The summed E-state index contributed by atoms with van der Waals surface area (Å²) in [7, 11) is 3.11. The highest BCUT2D eigenvalue weighted by molar-refractivity contribution is 5.73. The number of hydrogen-bond donors (Lipinski definition) is 1. The molecular weight excluding hydrogens is 320 g/mol. The lowest BCUT2D eigenvalue weighted by Gasteiger charge is -2.19. The van der Waals surface area contributed by atoms with Gasteiger partial charge >= 0.3 is 5.97 Å². The zero-order valence-corrected chi connectivity index (χ0v) is 15.3. The smallest absolute Gasteiger partial charge is 0.345 e. The number of rotatable bonds is 7. The Labute approximate surface area is 148 Å². The molecule has 0 aromatic heterocycles. The number of hydrogen-bond acceptors (Lipinski definition) is 4. The molecule has 1 N–H and O–H groups in total. The van der Waals surface area contributed by atoms with E-state index >= 15 is 0 Å². The third-order valence-corrected chi connectivity index (χ3v) is 4.21. The van der Waals surface area contributed by atoms with Gasteiger partial charge in [-0.05, 0) is 55.2 Å². The first-order valence-electron chi connectivity index (χ1n) is 8.04. The quantitative estimate of drug-likeness (QED) is 0.829. The number of carboxylic acids is 1. The minimum Gasteiger partial charge on any atom is -0.497 e. The lowest BCUT2D eigenvalue weighted by molar-refractivity contribution is -0.145. The van der Waals surface area contributed by atoms with Crippen molar-refractivity contribution < 1.29 is 24.1 Å². The maximum atomic E-state index is 11.7. The number of carbonyl (C=O) groups is 1. The van der Waals surface area contributed by atoms with Crippen LogP contribution in [0.25, 0.3) is 0 Å². The summed E-state index contributed by atoms with van der Waals surface area (Å²) >= 11 is 0. The van der Waals surface area contributed by atoms with Gasteiger partial charge in [-0.25, -0.2) is 4.79 Å². The first-order chi connectivity index (χ1) is 11.8. The Bertz CT molecular complexity index is 767. The highest BCUT2D eigenvalue weighted by Gasteiger charge is 2.23. The molecule has 1 atom stereocenters. The fourth-order valence-corrected chi connectivity index (χ4v) is 2.68. The topological polar surface area (TPSA) is 65.0 Å². The van der Waals surface area contributed by atoms with E-state index in [4.69, 9.17) is 14.2 Å². The molecule has 0 aliphatic rings. The Hall–Kier alpha value is -2.69. The summed E-state index contributed by atoms with van der Waals surface area (Å²) in [5.41, 5.74) is 3.79. The van der Waals surface area contributed by atoms with Gasteiger partial charge in [0.15, 0.2) is 6.10 Å². The maximum Gasteiger partial charge on any atom is 0.345 e. The number of benzene rings is 2. The molecule has 0 aliphatic carbocycles. The molecule has 0 aliphatic heterocycles. The Balaban J connectivity index is 2.30. The van der Waals surface area contributed by atoms with Crippen molar-refractivity contribution in [2.75, 3.05) is 14.2 Å². The van der Waals surface area contributed by atoms with Crippen molar-refractivity contribution in [2.45, 2.75) is 33.3 Å². The van der Waals surface area contributed by atoms with Gasteiger partial charge < -0.3 is 19.3 Å². The molecule has 134 valence electrons. The van der Waals surface area contributed by atoms with Gasteiger partial charge in [-0.1, -0.05) is 12.1 Å². The lowest BCUT2D eigenvalue weighted by atomic mass is 10.0. The molecule has 2 aromatic rings. The van der Waals surface area contributed by atoms with Gasteiger partial charge in [-0.3, -0.25) is 0 Å². The van der Waals surface area contributed by atoms with E-state index in [0.717, 1.165) is 22.3 Å². The number of ether oxygens (including phenoxy) is 3. The monoisotopic (exact) mass is 344 g/mol. The van der Waals surface area contributed by atoms with Crippen LogP contribution in [0, 0.1) is 20.8 Å². The van der Waals surface area contributed by atoms with Gasteiger partial charge in [0.1, 0.15) is 17.2 Å². The van der Waals surface area contributed by atoms with Crippen molar-refractivity contribution in [1.82, 2.24) is 0 Å². The fourth-order valence-electron chi connectivity index (χ4n) is 2.68. The van der Waals surface area contributed by atoms with E-state index in [0.29, 0.717) is 17.2 Å². The standard InChI is InChI=1S/C20H24O5/c1-12-8-13(2)14(3)17(9-12)25-19(20(21)22)10-15-6-7-16(23-4)11-18(15)24-5/h6-9,11,19H,10H2,1-5H3,(H,21,22)/t19-/m0/s1. The van der Waals surface area contributed by atoms with E-state index in [1.165, 1.54) is 0 Å². The van der Waals surface area contributed by atoms with E-state index in [-0.39, 0.29) is 6.42 Å². The minimum absolute atomic E-state index is 0.189. The Morgan fingerprint density at radius 1 is 1.04 bits per heavy atom. The highest BCUT2D eigenvalue weighted by Crippen LogP contribution is 2.28. The molecule has 2 rings (SSSR count). The van der Waals surface area contributed by atoms with Crippen LogP contribution in [0.1, 0.15) is 22.3 Å². The van der Waals surface area contributed by atoms with Gasteiger partial charge in [-0.2, -0.15) is 0 Å². The fraction of sp³-hybridized carbons (Fsp3) is 0.350. The molecule has 2 aromatic carbocycles. The first-order valence-corrected chi connectivity index (χ1v) is 8.04. The van der Waals surface area contributed by atoms with Gasteiger partial charge in [0.05, 0.1) is 14.2 Å². The third kappa shape index (κ3) is 4.44. The zero-order valence-electron chi connectivity index (χ0n) is 15.3. The molecule has 0 saturated carbocycles. The van der Waals surface area contributed by atoms with E-state index in [9.17, 15) is 9.90 Å². The van der Waals surface area contributed by atoms with E-state index in [1.807, 2.05) is 32.9 Å². The molecule has 0 radical (unpaired) electrons. The molecule has 0 saturated heterocycles. The average Bonchev–Trinajstić information content (AvgIpc) is 2.58. The van der Waals surface area contributed by atoms with Crippen LogP contribution in [0.3, 0.4) is 0 Å². The second-order valence-corrected chi connectivity index (χ2v) is 6.03. The normalized spacial score (nSPS) is 11.7. The summed E-state index contributed by atoms with van der Waals surface area (Å²) in [6, 6.07) is 9.22. The summed E-state index contributed by atoms with van der Waals surface area (Å²) in [6.07, 6.45) is -0.822. The van der Waals surface area contributed by atoms with Crippen LogP contribution in [-0.2, 0) is 11.2 Å². The molecule has 0 unspecified atom stereocenters. The Morgan fingerprint density at radius 2 is 1.76 bits per heavy atom. The Kier molecular flexibility index (Phi) is 5.91. The minimum atomic E-state index is -1.02. The van der Waals surface area contributed by atoms with E-state index in [2.05, 4.69) is 0 Å². The Morgan fingerprint density at radius 3 is 2.36 bits per heavy atom. The molecule has 0 fully saturated rings. The van der Waals surface area contributed by atoms with Gasteiger partial charge in [0, 0.05) is 12.5 Å². The maximum absolute atomic E-state index is 11.7. The van der Waals surface area contributed by atoms with E-state index in [1.54, 1.807) is 32.4 Å². The van der Waals surface area contributed by atoms with Crippen LogP contribution in [0.4, 0.5) is 0 Å². The summed E-state index contributed by atoms with van der Waals surface area (Å²) in [5, 5.41) is 9.60. The number of aliphatic carboxylic acids is 1. The van der Waals surface area contributed by atoms with Crippen LogP contribution >= 0.6 is 0 Å². The van der Waals surface area contributed by atoms with Gasteiger partial charge in [-0.15, -0.1) is 0 Å². The molecule has 0 spiro atoms. The van der Waals surface area contributed by atoms with Crippen molar-refractivity contribution >= 4 is 5.97 Å². The zero-order chi connectivity index (χ0) is 18.6. The molecule has 5 heteroatoms. The number of carboxylic acid groups (broad SMARTS) is 1.